The highest BCUT2D eigenvalue weighted by Crippen LogP contribution is 2.44. The van der Waals surface area contributed by atoms with Crippen molar-refractivity contribution in [3.8, 4) is 5.75 Å². The van der Waals surface area contributed by atoms with Gasteiger partial charge in [0.05, 0.1) is 6.54 Å². The molecule has 34 heavy (non-hydrogen) atoms. The Morgan fingerprint density at radius 3 is 2.82 bits per heavy atom. The van der Waals surface area contributed by atoms with Crippen LogP contribution in [0.2, 0.25) is 0 Å². The van der Waals surface area contributed by atoms with Gasteiger partial charge in [-0.25, -0.2) is 0 Å². The maximum Gasteiger partial charge on any atom is 0.133 e. The number of aryl methyl sites for hydroxylation is 1. The van der Waals surface area contributed by atoms with Crippen LogP contribution in [0.1, 0.15) is 58.6 Å². The van der Waals surface area contributed by atoms with Gasteiger partial charge in [-0.15, -0.1) is 0 Å². The summed E-state index contributed by atoms with van der Waals surface area (Å²) < 4.78 is 0. The molecule has 0 amide bonds. The van der Waals surface area contributed by atoms with E-state index in [1.807, 2.05) is 13.0 Å². The van der Waals surface area contributed by atoms with Gasteiger partial charge in [0.2, 0.25) is 0 Å². The normalized spacial score (nSPS) is 24.9. The molecule has 2 unspecified atom stereocenters. The van der Waals surface area contributed by atoms with Crippen molar-refractivity contribution in [3.63, 3.8) is 0 Å². The van der Waals surface area contributed by atoms with E-state index in [4.69, 9.17) is 4.99 Å². The third-order valence-corrected chi connectivity index (χ3v) is 7.59. The first-order valence-corrected chi connectivity index (χ1v) is 12.5. The molecule has 2 aliphatic heterocycles. The van der Waals surface area contributed by atoms with Crippen molar-refractivity contribution in [1.82, 2.24) is 10.2 Å². The number of likely N-dealkylation sites (N-methyl/N-ethyl adjacent to an activating group) is 1. The van der Waals surface area contributed by atoms with Gasteiger partial charge in [-0.3, -0.25) is 4.99 Å². The number of aliphatic imine (C=N–C) groups is 1. The standard InChI is InChI=1S/C30H35N3O/c1-20-18-22-15-17-33(3)27-14-13-23-24(29(27)26(22)19-28(20)34)11-9-12-25(23)30-31-16-8-6-4-5-7-10-21(2)32-30/h6-12,18-19,27,29,34H,2,4-5,13-17H2,1,3H3,(H,31,32)/b8-6-,10-7-. The van der Waals surface area contributed by atoms with Gasteiger partial charge in [-0.1, -0.05) is 49.1 Å². The lowest BCUT2D eigenvalue weighted by atomic mass is 9.73. The highest BCUT2D eigenvalue weighted by atomic mass is 16.3. The van der Waals surface area contributed by atoms with Crippen LogP contribution in [0, 0.1) is 6.92 Å². The van der Waals surface area contributed by atoms with Crippen LogP contribution in [0.4, 0.5) is 0 Å². The number of hydrogen-bond donors (Lipinski definition) is 2. The number of benzene rings is 2. The molecule has 2 aromatic carbocycles. The van der Waals surface area contributed by atoms with E-state index in [1.165, 1.54) is 27.8 Å². The van der Waals surface area contributed by atoms with Crippen molar-refractivity contribution in [3.05, 3.63) is 100 Å². The second kappa shape index (κ2) is 9.63. The predicted molar refractivity (Wildman–Crippen MR) is 141 cm³/mol. The van der Waals surface area contributed by atoms with Gasteiger partial charge in [-0.2, -0.15) is 0 Å². The van der Waals surface area contributed by atoms with Gasteiger partial charge >= 0.3 is 0 Å². The number of amidine groups is 1. The first-order chi connectivity index (χ1) is 16.5. The maximum absolute atomic E-state index is 10.6. The quantitative estimate of drug-likeness (QED) is 0.569. The summed E-state index contributed by atoms with van der Waals surface area (Å²) in [7, 11) is 2.25. The molecule has 1 aliphatic carbocycles. The van der Waals surface area contributed by atoms with Gasteiger partial charge in [0, 0.05) is 29.8 Å². The molecule has 0 aromatic heterocycles. The Morgan fingerprint density at radius 1 is 1.09 bits per heavy atom. The van der Waals surface area contributed by atoms with Crippen LogP contribution in [-0.2, 0) is 12.8 Å². The van der Waals surface area contributed by atoms with Gasteiger partial charge in [0.1, 0.15) is 11.6 Å². The minimum absolute atomic E-state index is 0.240. The highest BCUT2D eigenvalue weighted by molar-refractivity contribution is 6.01. The van der Waals surface area contributed by atoms with Crippen LogP contribution in [0.15, 0.2) is 71.9 Å². The molecular weight excluding hydrogens is 418 g/mol. The third kappa shape index (κ3) is 4.35. The molecule has 4 nitrogen and oxygen atoms in total. The zero-order chi connectivity index (χ0) is 23.7. The Morgan fingerprint density at radius 2 is 1.94 bits per heavy atom. The molecule has 2 atom stereocenters. The Kier molecular flexibility index (Phi) is 6.42. The number of phenols is 1. The van der Waals surface area contributed by atoms with Crippen LogP contribution in [0.5, 0.6) is 5.75 Å². The second-order valence-corrected chi connectivity index (χ2v) is 9.82. The average molecular weight is 454 g/mol. The number of nitrogens with zero attached hydrogens (tertiary/aromatic N) is 2. The van der Waals surface area contributed by atoms with Crippen molar-refractivity contribution in [1.29, 1.82) is 0 Å². The summed E-state index contributed by atoms with van der Waals surface area (Å²) in [6, 6.07) is 11.3. The molecule has 176 valence electrons. The molecule has 5 rings (SSSR count). The summed E-state index contributed by atoms with van der Waals surface area (Å²) >= 11 is 0. The first kappa shape index (κ1) is 22.7. The number of fused-ring (bicyclic) bond motifs is 5. The molecule has 2 heterocycles. The average Bonchev–Trinajstić information content (AvgIpc) is 2.99. The lowest BCUT2D eigenvalue weighted by Crippen LogP contribution is -2.40. The monoisotopic (exact) mass is 453 g/mol. The molecule has 0 fully saturated rings. The topological polar surface area (TPSA) is 47.9 Å². The fraction of sp³-hybridized carbons (Fsp3) is 0.367. The largest absolute Gasteiger partial charge is 0.508 e. The molecule has 0 radical (unpaired) electrons. The Labute approximate surface area is 203 Å². The zero-order valence-corrected chi connectivity index (χ0v) is 20.3. The molecule has 0 spiro atoms. The van der Waals surface area contributed by atoms with Crippen molar-refractivity contribution >= 4 is 5.84 Å². The summed E-state index contributed by atoms with van der Waals surface area (Å²) in [6.45, 7) is 7.90. The van der Waals surface area contributed by atoms with Crippen molar-refractivity contribution in [2.75, 3.05) is 20.1 Å². The highest BCUT2D eigenvalue weighted by Gasteiger charge is 2.37. The number of allylic oxidation sites excluding steroid dienone is 3. The van der Waals surface area contributed by atoms with E-state index < -0.39 is 0 Å². The van der Waals surface area contributed by atoms with E-state index >= 15 is 0 Å². The fourth-order valence-corrected chi connectivity index (χ4v) is 5.79. The molecule has 0 saturated carbocycles. The molecular formula is C30H35N3O. The van der Waals surface area contributed by atoms with E-state index in [0.717, 1.165) is 55.7 Å². The zero-order valence-electron chi connectivity index (χ0n) is 20.3. The Hall–Kier alpha value is -3.11. The van der Waals surface area contributed by atoms with E-state index in [1.54, 1.807) is 0 Å². The molecule has 2 aromatic rings. The molecule has 4 heteroatoms. The first-order valence-electron chi connectivity index (χ1n) is 12.5. The minimum atomic E-state index is 0.240. The lowest BCUT2D eigenvalue weighted by Gasteiger charge is -2.39. The SMILES string of the molecule is C=C1/C=C\CC/C=C\CN=C(c2cccc3c2CCC2C3c3cc(O)c(C)cc3CCN2C)N1. The van der Waals surface area contributed by atoms with E-state index in [0.29, 0.717) is 18.3 Å². The van der Waals surface area contributed by atoms with Gasteiger partial charge < -0.3 is 15.3 Å². The second-order valence-electron chi connectivity index (χ2n) is 9.82. The van der Waals surface area contributed by atoms with Gasteiger partial charge in [-0.05, 0) is 86.0 Å². The number of phenolic OH excluding ortho intramolecular Hbond substituents is 1. The lowest BCUT2D eigenvalue weighted by molar-refractivity contribution is 0.214. The molecule has 3 aliphatic rings. The van der Waals surface area contributed by atoms with Crippen molar-refractivity contribution < 1.29 is 5.11 Å². The molecule has 0 bridgehead atoms. The van der Waals surface area contributed by atoms with Crippen LogP contribution in [0.25, 0.3) is 0 Å². The van der Waals surface area contributed by atoms with Crippen LogP contribution in [0.3, 0.4) is 0 Å². The Balaban J connectivity index is 1.63. The molecule has 0 saturated heterocycles. The maximum atomic E-state index is 10.6. The van der Waals surface area contributed by atoms with Crippen molar-refractivity contribution in [2.24, 2.45) is 4.99 Å². The summed E-state index contributed by atoms with van der Waals surface area (Å²) in [6.07, 6.45) is 13.7. The molecule has 2 N–H and O–H groups in total. The van der Waals surface area contributed by atoms with E-state index in [2.05, 4.69) is 72.4 Å². The number of rotatable bonds is 1. The van der Waals surface area contributed by atoms with E-state index in [-0.39, 0.29) is 5.92 Å². The van der Waals surface area contributed by atoms with Gasteiger partial charge in [0.15, 0.2) is 0 Å². The van der Waals surface area contributed by atoms with Crippen molar-refractivity contribution in [2.45, 2.75) is 51.0 Å². The summed E-state index contributed by atoms with van der Waals surface area (Å²) in [5.74, 6) is 1.53. The summed E-state index contributed by atoms with van der Waals surface area (Å²) in [5.41, 5.74) is 8.37. The predicted octanol–water partition coefficient (Wildman–Crippen LogP) is 5.39. The van der Waals surface area contributed by atoms with E-state index in [9.17, 15) is 5.11 Å². The number of aromatic hydroxyl groups is 1. The smallest absolute Gasteiger partial charge is 0.133 e. The fourth-order valence-electron chi connectivity index (χ4n) is 5.79. The van der Waals surface area contributed by atoms with Crippen LogP contribution >= 0.6 is 0 Å². The Bertz CT molecular complexity index is 1190. The summed E-state index contributed by atoms with van der Waals surface area (Å²) in [4.78, 5) is 7.46. The van der Waals surface area contributed by atoms with Crippen LogP contribution in [-0.4, -0.2) is 42.0 Å². The number of nitrogens with one attached hydrogen (secondary N) is 1. The van der Waals surface area contributed by atoms with Crippen LogP contribution < -0.4 is 5.32 Å². The third-order valence-electron chi connectivity index (χ3n) is 7.59. The van der Waals surface area contributed by atoms with Gasteiger partial charge in [0.25, 0.3) is 0 Å². The minimum Gasteiger partial charge on any atom is -0.508 e. The summed E-state index contributed by atoms with van der Waals surface area (Å²) in [5, 5.41) is 14.1. The number of hydrogen-bond acceptors (Lipinski definition) is 4.